The Bertz CT molecular complexity index is 436. The molecule has 4 nitrogen and oxygen atoms in total. The van der Waals surface area contributed by atoms with Gasteiger partial charge in [0.05, 0.1) is 18.8 Å². The summed E-state index contributed by atoms with van der Waals surface area (Å²) in [4.78, 5) is 2.29. The van der Waals surface area contributed by atoms with Crippen molar-refractivity contribution in [2.75, 3.05) is 26.2 Å². The molecular weight excluding hydrogens is 276 g/mol. The maximum absolute atomic E-state index is 13.8. The van der Waals surface area contributed by atoms with E-state index in [0.29, 0.717) is 6.61 Å². The van der Waals surface area contributed by atoms with Crippen LogP contribution in [-0.4, -0.2) is 43.3 Å². The van der Waals surface area contributed by atoms with Crippen molar-refractivity contribution in [3.8, 4) is 0 Å². The number of nitrogens with zero attached hydrogens (tertiary/aromatic N) is 1. The van der Waals surface area contributed by atoms with E-state index < -0.39 is 11.6 Å². The Balaban J connectivity index is 2.05. The van der Waals surface area contributed by atoms with Crippen molar-refractivity contribution in [3.05, 3.63) is 35.4 Å². The summed E-state index contributed by atoms with van der Waals surface area (Å²) in [6.45, 7) is 5.33. The second-order valence-corrected chi connectivity index (χ2v) is 5.39. The molecule has 0 radical (unpaired) electrons. The van der Waals surface area contributed by atoms with Crippen molar-refractivity contribution in [3.63, 3.8) is 0 Å². The lowest BCUT2D eigenvalue weighted by atomic mass is 9.99. The lowest BCUT2D eigenvalue weighted by molar-refractivity contribution is -0.0464. The van der Waals surface area contributed by atoms with Crippen LogP contribution in [0.3, 0.4) is 0 Å². The van der Waals surface area contributed by atoms with Gasteiger partial charge in [-0.15, -0.1) is 0 Å². The minimum atomic E-state index is -0.545. The molecule has 118 valence electrons. The number of nitrogens with one attached hydrogen (secondary N) is 1. The average Bonchev–Trinajstić information content (AvgIpc) is 2.48. The van der Waals surface area contributed by atoms with Crippen LogP contribution in [0.15, 0.2) is 18.2 Å². The largest absolute Gasteiger partial charge is 0.374 e. The number of rotatable bonds is 6. The SMILES string of the molecule is CCCN1CCOC(C(Cc2c(F)cccc2F)NN)C1. The predicted octanol–water partition coefficient (Wildman–Crippen LogP) is 1.45. The summed E-state index contributed by atoms with van der Waals surface area (Å²) in [6, 6.07) is 3.56. The smallest absolute Gasteiger partial charge is 0.129 e. The van der Waals surface area contributed by atoms with E-state index in [1.807, 2.05) is 0 Å². The summed E-state index contributed by atoms with van der Waals surface area (Å²) in [5.41, 5.74) is 2.70. The van der Waals surface area contributed by atoms with Crippen molar-refractivity contribution in [1.82, 2.24) is 10.3 Å². The fourth-order valence-corrected chi connectivity index (χ4v) is 2.74. The van der Waals surface area contributed by atoms with Gasteiger partial charge in [0.25, 0.3) is 0 Å². The third-order valence-corrected chi connectivity index (χ3v) is 3.87. The number of nitrogens with two attached hydrogens (primary N) is 1. The molecule has 0 saturated carbocycles. The van der Waals surface area contributed by atoms with Crippen LogP contribution >= 0.6 is 0 Å². The first-order chi connectivity index (χ1) is 10.2. The van der Waals surface area contributed by atoms with Gasteiger partial charge in [0.15, 0.2) is 0 Å². The van der Waals surface area contributed by atoms with E-state index in [2.05, 4.69) is 17.2 Å². The van der Waals surface area contributed by atoms with Crippen LogP contribution in [0.25, 0.3) is 0 Å². The van der Waals surface area contributed by atoms with Gasteiger partial charge in [-0.1, -0.05) is 13.0 Å². The van der Waals surface area contributed by atoms with Crippen molar-refractivity contribution in [1.29, 1.82) is 0 Å². The van der Waals surface area contributed by atoms with E-state index >= 15 is 0 Å². The Hall–Kier alpha value is -1.08. The second kappa shape index (κ2) is 7.79. The number of hydrazine groups is 1. The summed E-state index contributed by atoms with van der Waals surface area (Å²) >= 11 is 0. The Morgan fingerprint density at radius 3 is 2.76 bits per heavy atom. The highest BCUT2D eigenvalue weighted by molar-refractivity contribution is 5.21. The zero-order valence-electron chi connectivity index (χ0n) is 12.3. The van der Waals surface area contributed by atoms with Gasteiger partial charge >= 0.3 is 0 Å². The molecule has 2 atom stereocenters. The van der Waals surface area contributed by atoms with E-state index in [9.17, 15) is 8.78 Å². The molecule has 21 heavy (non-hydrogen) atoms. The molecule has 0 aliphatic carbocycles. The molecule has 0 bridgehead atoms. The van der Waals surface area contributed by atoms with E-state index in [4.69, 9.17) is 10.6 Å². The zero-order valence-corrected chi connectivity index (χ0v) is 12.3. The lowest BCUT2D eigenvalue weighted by Crippen LogP contribution is -2.55. The molecule has 2 unspecified atom stereocenters. The predicted molar refractivity (Wildman–Crippen MR) is 77.6 cm³/mol. The third kappa shape index (κ3) is 4.20. The van der Waals surface area contributed by atoms with Crippen LogP contribution in [0.2, 0.25) is 0 Å². The van der Waals surface area contributed by atoms with Crippen LogP contribution in [0.5, 0.6) is 0 Å². The van der Waals surface area contributed by atoms with Gasteiger partial charge in [-0.25, -0.2) is 8.78 Å². The van der Waals surface area contributed by atoms with Gasteiger partial charge in [-0.2, -0.15) is 0 Å². The minimum Gasteiger partial charge on any atom is -0.374 e. The van der Waals surface area contributed by atoms with Crippen LogP contribution < -0.4 is 11.3 Å². The van der Waals surface area contributed by atoms with Crippen molar-refractivity contribution in [2.24, 2.45) is 5.84 Å². The van der Waals surface area contributed by atoms with E-state index in [1.165, 1.54) is 18.2 Å². The number of hydrogen-bond donors (Lipinski definition) is 2. The van der Waals surface area contributed by atoms with Crippen LogP contribution in [0.1, 0.15) is 18.9 Å². The number of benzene rings is 1. The summed E-state index contributed by atoms with van der Waals surface area (Å²) in [5.74, 6) is 4.49. The van der Waals surface area contributed by atoms with Gasteiger partial charge in [-0.3, -0.25) is 16.2 Å². The molecule has 1 aliphatic rings. The molecule has 1 saturated heterocycles. The molecule has 2 rings (SSSR count). The van der Waals surface area contributed by atoms with Gasteiger partial charge in [0.1, 0.15) is 11.6 Å². The van der Waals surface area contributed by atoms with Gasteiger partial charge in [0.2, 0.25) is 0 Å². The van der Waals surface area contributed by atoms with Gasteiger partial charge < -0.3 is 4.74 Å². The van der Waals surface area contributed by atoms with Crippen molar-refractivity contribution >= 4 is 0 Å². The first-order valence-electron chi connectivity index (χ1n) is 7.38. The number of halogens is 2. The highest BCUT2D eigenvalue weighted by Gasteiger charge is 2.28. The number of morpholine rings is 1. The maximum atomic E-state index is 13.8. The minimum absolute atomic E-state index is 0.0525. The summed E-state index contributed by atoms with van der Waals surface area (Å²) < 4.78 is 33.2. The number of ether oxygens (including phenoxy) is 1. The Morgan fingerprint density at radius 2 is 2.14 bits per heavy atom. The standard InChI is InChI=1S/C15H23F2N3O/c1-2-6-20-7-8-21-15(10-20)14(19-18)9-11-12(16)4-3-5-13(11)17/h3-5,14-15,19H,2,6-10,18H2,1H3. The van der Waals surface area contributed by atoms with Crippen LogP contribution in [0.4, 0.5) is 8.78 Å². The third-order valence-electron chi connectivity index (χ3n) is 3.87. The Kier molecular flexibility index (Phi) is 6.05. The van der Waals surface area contributed by atoms with Crippen molar-refractivity contribution < 1.29 is 13.5 Å². The van der Waals surface area contributed by atoms with Crippen LogP contribution in [0, 0.1) is 11.6 Å². The summed E-state index contributed by atoms with van der Waals surface area (Å²) in [5, 5.41) is 0. The normalized spacial score (nSPS) is 21.4. The molecule has 0 aromatic heterocycles. The Labute approximate surface area is 124 Å². The molecule has 3 N–H and O–H groups in total. The molecule has 6 heteroatoms. The topological polar surface area (TPSA) is 50.5 Å². The molecule has 1 aliphatic heterocycles. The fraction of sp³-hybridized carbons (Fsp3) is 0.600. The first kappa shape index (κ1) is 16.3. The highest BCUT2D eigenvalue weighted by atomic mass is 19.1. The summed E-state index contributed by atoms with van der Waals surface area (Å²) in [7, 11) is 0. The van der Waals surface area contributed by atoms with Gasteiger partial charge in [-0.05, 0) is 31.5 Å². The molecule has 0 amide bonds. The fourth-order valence-electron chi connectivity index (χ4n) is 2.74. The van der Waals surface area contributed by atoms with E-state index in [0.717, 1.165) is 26.1 Å². The monoisotopic (exact) mass is 299 g/mol. The number of hydrogen-bond acceptors (Lipinski definition) is 4. The lowest BCUT2D eigenvalue weighted by Gasteiger charge is -2.36. The molecule has 1 heterocycles. The van der Waals surface area contributed by atoms with Crippen LogP contribution in [-0.2, 0) is 11.2 Å². The molecule has 1 fully saturated rings. The van der Waals surface area contributed by atoms with E-state index in [-0.39, 0.29) is 24.1 Å². The molecule has 0 spiro atoms. The molecule has 1 aromatic rings. The van der Waals surface area contributed by atoms with Gasteiger partial charge in [0, 0.05) is 18.7 Å². The van der Waals surface area contributed by atoms with Crippen molar-refractivity contribution in [2.45, 2.75) is 31.9 Å². The average molecular weight is 299 g/mol. The highest BCUT2D eigenvalue weighted by Crippen LogP contribution is 2.18. The maximum Gasteiger partial charge on any atom is 0.129 e. The first-order valence-corrected chi connectivity index (χ1v) is 7.38. The van der Waals surface area contributed by atoms with E-state index in [1.54, 1.807) is 0 Å². The molecule has 1 aromatic carbocycles. The summed E-state index contributed by atoms with van der Waals surface area (Å²) in [6.07, 6.45) is 1.06. The Morgan fingerprint density at radius 1 is 1.43 bits per heavy atom. The second-order valence-electron chi connectivity index (χ2n) is 5.39. The molecular formula is C15H23F2N3O. The quantitative estimate of drug-likeness (QED) is 0.617. The zero-order chi connectivity index (χ0) is 15.2.